The van der Waals surface area contributed by atoms with Gasteiger partial charge in [-0.1, -0.05) is 30.3 Å². The van der Waals surface area contributed by atoms with Crippen molar-refractivity contribution in [3.05, 3.63) is 77.9 Å². The van der Waals surface area contributed by atoms with Gasteiger partial charge in [0.05, 0.1) is 24.5 Å². The van der Waals surface area contributed by atoms with Crippen molar-refractivity contribution in [2.45, 2.75) is 17.7 Å². The first-order chi connectivity index (χ1) is 16.2. The van der Waals surface area contributed by atoms with Crippen LogP contribution in [0.25, 0.3) is 0 Å². The van der Waals surface area contributed by atoms with Crippen LogP contribution in [0.4, 0.5) is 11.4 Å². The molecule has 1 N–H and O–H groups in total. The van der Waals surface area contributed by atoms with Gasteiger partial charge in [0, 0.05) is 35.3 Å². The summed E-state index contributed by atoms with van der Waals surface area (Å²) >= 11 is 1.38. The van der Waals surface area contributed by atoms with Crippen LogP contribution in [-0.2, 0) is 11.2 Å². The number of fused-ring (bicyclic) bond motifs is 2. The van der Waals surface area contributed by atoms with E-state index in [9.17, 15) is 9.59 Å². The van der Waals surface area contributed by atoms with E-state index in [0.717, 1.165) is 23.4 Å². The molecule has 0 saturated heterocycles. The van der Waals surface area contributed by atoms with E-state index in [0.29, 0.717) is 42.5 Å². The molecule has 0 spiro atoms. The number of nitrogens with zero attached hydrogens (tertiary/aromatic N) is 1. The van der Waals surface area contributed by atoms with Crippen LogP contribution in [0.2, 0.25) is 0 Å². The van der Waals surface area contributed by atoms with E-state index >= 15 is 0 Å². The van der Waals surface area contributed by atoms with E-state index in [4.69, 9.17) is 9.47 Å². The van der Waals surface area contributed by atoms with Gasteiger partial charge in [-0.3, -0.25) is 9.59 Å². The first-order valence-electron chi connectivity index (χ1n) is 11.0. The van der Waals surface area contributed by atoms with Crippen molar-refractivity contribution in [1.29, 1.82) is 0 Å². The second kappa shape index (κ2) is 9.58. The zero-order valence-electron chi connectivity index (χ0n) is 18.1. The molecule has 2 aliphatic heterocycles. The molecular formula is C26H24N2O4S. The van der Waals surface area contributed by atoms with Crippen LogP contribution >= 0.6 is 11.8 Å². The maximum Gasteiger partial charge on any atom is 0.256 e. The molecular weight excluding hydrogens is 436 g/mol. The molecule has 3 aromatic carbocycles. The molecule has 6 nitrogen and oxygen atoms in total. The molecule has 0 atom stereocenters. The fraction of sp³-hybridized carbons (Fsp3) is 0.231. The van der Waals surface area contributed by atoms with Gasteiger partial charge in [0.2, 0.25) is 5.91 Å². The van der Waals surface area contributed by atoms with Crippen molar-refractivity contribution in [1.82, 2.24) is 0 Å². The van der Waals surface area contributed by atoms with Gasteiger partial charge in [-0.25, -0.2) is 0 Å². The molecule has 0 aromatic heterocycles. The van der Waals surface area contributed by atoms with Gasteiger partial charge in [-0.15, -0.1) is 11.8 Å². The van der Waals surface area contributed by atoms with Crippen molar-refractivity contribution >= 4 is 35.0 Å². The normalized spacial score (nSPS) is 14.4. The van der Waals surface area contributed by atoms with Crippen LogP contribution in [0.15, 0.2) is 71.6 Å². The van der Waals surface area contributed by atoms with Crippen molar-refractivity contribution in [3.63, 3.8) is 0 Å². The largest absolute Gasteiger partial charge is 0.490 e. The number of anilines is 2. The Bertz CT molecular complexity index is 1200. The second-order valence-corrected chi connectivity index (χ2v) is 8.89. The van der Waals surface area contributed by atoms with Crippen LogP contribution in [-0.4, -0.2) is 37.3 Å². The molecule has 168 valence electrons. The lowest BCUT2D eigenvalue weighted by molar-refractivity contribution is -0.116. The second-order valence-electron chi connectivity index (χ2n) is 7.88. The maximum absolute atomic E-state index is 13.0. The summed E-state index contributed by atoms with van der Waals surface area (Å²) in [6, 6.07) is 20.7. The molecule has 2 aliphatic rings. The number of ether oxygens (including phenoxy) is 2. The molecule has 0 radical (unpaired) electrons. The first kappa shape index (κ1) is 21.4. The molecule has 2 amide bonds. The van der Waals surface area contributed by atoms with Crippen LogP contribution in [0, 0.1) is 0 Å². The SMILES string of the molecule is O=C(Nc1ccc2c(c1)OCCCO2)c1ccccc1SCC(=O)N1CCc2ccccc21. The first-order valence-corrected chi connectivity index (χ1v) is 12.0. The van der Waals surface area contributed by atoms with Crippen LogP contribution in [0.1, 0.15) is 22.3 Å². The summed E-state index contributed by atoms with van der Waals surface area (Å²) in [4.78, 5) is 28.5. The summed E-state index contributed by atoms with van der Waals surface area (Å²) in [7, 11) is 0. The topological polar surface area (TPSA) is 67.9 Å². The Labute approximate surface area is 196 Å². The quantitative estimate of drug-likeness (QED) is 0.555. The van der Waals surface area contributed by atoms with Crippen LogP contribution in [0.5, 0.6) is 11.5 Å². The van der Waals surface area contributed by atoms with E-state index in [2.05, 4.69) is 11.4 Å². The van der Waals surface area contributed by atoms with Crippen molar-refractivity contribution in [2.75, 3.05) is 35.7 Å². The lowest BCUT2D eigenvalue weighted by atomic mass is 10.2. The Hall–Kier alpha value is -3.45. The van der Waals surface area contributed by atoms with Gasteiger partial charge >= 0.3 is 0 Å². The van der Waals surface area contributed by atoms with Crippen LogP contribution in [0.3, 0.4) is 0 Å². The summed E-state index contributed by atoms with van der Waals surface area (Å²) < 4.78 is 11.4. The number of carbonyl (C=O) groups is 2. The van der Waals surface area contributed by atoms with E-state index in [1.165, 1.54) is 17.3 Å². The van der Waals surface area contributed by atoms with Gasteiger partial charge in [0.1, 0.15) is 0 Å². The number of hydrogen-bond acceptors (Lipinski definition) is 5. The van der Waals surface area contributed by atoms with Gasteiger partial charge < -0.3 is 19.7 Å². The Kier molecular flexibility index (Phi) is 6.21. The lowest BCUT2D eigenvalue weighted by Gasteiger charge is -2.17. The van der Waals surface area contributed by atoms with Crippen LogP contribution < -0.4 is 19.7 Å². The third kappa shape index (κ3) is 4.68. The van der Waals surface area contributed by atoms with Crippen molar-refractivity contribution in [2.24, 2.45) is 0 Å². The highest BCUT2D eigenvalue weighted by Gasteiger charge is 2.24. The highest BCUT2D eigenvalue weighted by molar-refractivity contribution is 8.00. The molecule has 7 heteroatoms. The molecule has 0 fully saturated rings. The zero-order valence-corrected chi connectivity index (χ0v) is 18.9. The number of thioether (sulfide) groups is 1. The summed E-state index contributed by atoms with van der Waals surface area (Å²) in [6.45, 7) is 1.90. The maximum atomic E-state index is 13.0. The lowest BCUT2D eigenvalue weighted by Crippen LogP contribution is -2.30. The summed E-state index contributed by atoms with van der Waals surface area (Å²) in [5.74, 6) is 1.39. The molecule has 0 bridgehead atoms. The molecule has 3 aromatic rings. The Morgan fingerprint density at radius 2 is 1.73 bits per heavy atom. The van der Waals surface area contributed by atoms with E-state index < -0.39 is 0 Å². The monoisotopic (exact) mass is 460 g/mol. The minimum absolute atomic E-state index is 0.0445. The van der Waals surface area contributed by atoms with Crippen molar-refractivity contribution < 1.29 is 19.1 Å². The standard InChI is InChI=1S/C26H24N2O4S/c29-25(28-13-12-18-6-1-3-8-21(18)28)17-33-24-9-4-2-7-20(24)26(30)27-19-10-11-22-23(16-19)32-15-5-14-31-22/h1-4,6-11,16H,5,12-15,17H2,(H,27,30). The third-order valence-corrected chi connectivity index (χ3v) is 6.73. The number of benzene rings is 3. The Balaban J connectivity index is 1.27. The predicted octanol–water partition coefficient (Wildman–Crippen LogP) is 4.78. The minimum atomic E-state index is -0.230. The number of amides is 2. The zero-order chi connectivity index (χ0) is 22.6. The predicted molar refractivity (Wildman–Crippen MR) is 130 cm³/mol. The fourth-order valence-electron chi connectivity index (χ4n) is 4.03. The van der Waals surface area contributed by atoms with Gasteiger partial charge in [0.15, 0.2) is 11.5 Å². The highest BCUT2D eigenvalue weighted by atomic mass is 32.2. The van der Waals surface area contributed by atoms with Gasteiger partial charge in [0.25, 0.3) is 5.91 Å². The molecule has 0 unspecified atom stereocenters. The molecule has 0 saturated carbocycles. The fourth-order valence-corrected chi connectivity index (χ4v) is 4.96. The minimum Gasteiger partial charge on any atom is -0.490 e. The van der Waals surface area contributed by atoms with E-state index in [1.54, 1.807) is 18.2 Å². The van der Waals surface area contributed by atoms with E-state index in [-0.39, 0.29) is 17.6 Å². The Morgan fingerprint density at radius 1 is 0.939 bits per heavy atom. The number of carbonyl (C=O) groups excluding carboxylic acids is 2. The number of para-hydroxylation sites is 1. The highest BCUT2D eigenvalue weighted by Crippen LogP contribution is 2.33. The Morgan fingerprint density at radius 3 is 2.64 bits per heavy atom. The molecule has 33 heavy (non-hydrogen) atoms. The summed E-state index contributed by atoms with van der Waals surface area (Å²) in [5, 5.41) is 2.94. The number of nitrogens with one attached hydrogen (secondary N) is 1. The average Bonchev–Trinajstić information content (AvgIpc) is 3.14. The van der Waals surface area contributed by atoms with Gasteiger partial charge in [-0.2, -0.15) is 0 Å². The summed E-state index contributed by atoms with van der Waals surface area (Å²) in [5.41, 5.74) is 3.35. The average molecular weight is 461 g/mol. The molecule has 0 aliphatic carbocycles. The number of rotatable bonds is 5. The van der Waals surface area contributed by atoms with Gasteiger partial charge in [-0.05, 0) is 42.3 Å². The number of hydrogen-bond donors (Lipinski definition) is 1. The molecule has 5 rings (SSSR count). The van der Waals surface area contributed by atoms with E-state index in [1.807, 2.05) is 47.4 Å². The third-order valence-electron chi connectivity index (χ3n) is 5.68. The smallest absolute Gasteiger partial charge is 0.256 e. The van der Waals surface area contributed by atoms with Crippen molar-refractivity contribution in [3.8, 4) is 11.5 Å². The summed E-state index contributed by atoms with van der Waals surface area (Å²) in [6.07, 6.45) is 1.70. The molecule has 2 heterocycles.